The Bertz CT molecular complexity index is 190. The minimum atomic E-state index is 0.938. The molecule has 0 aliphatic heterocycles. The van der Waals surface area contributed by atoms with E-state index < -0.39 is 0 Å². The number of unbranched alkanes of at least 4 members (excludes halogenated alkanes) is 5. The van der Waals surface area contributed by atoms with E-state index in [1.807, 2.05) is 6.08 Å². The van der Waals surface area contributed by atoms with Gasteiger partial charge in [-0.1, -0.05) is 70.6 Å². The van der Waals surface area contributed by atoms with E-state index in [-0.39, 0.29) is 0 Å². The molecular weight excluding hydrogens is 216 g/mol. The third-order valence-electron chi connectivity index (χ3n) is 3.63. The van der Waals surface area contributed by atoms with Gasteiger partial charge in [-0.05, 0) is 38.0 Å². The second-order valence-corrected chi connectivity index (χ2v) is 5.25. The molecular formula is C18H33. The third-order valence-corrected chi connectivity index (χ3v) is 3.63. The summed E-state index contributed by atoms with van der Waals surface area (Å²) in [6.07, 6.45) is 20.9. The molecule has 18 heavy (non-hydrogen) atoms. The average Bonchev–Trinajstić information content (AvgIpc) is 2.40. The molecule has 0 amide bonds. The van der Waals surface area contributed by atoms with Gasteiger partial charge in [-0.3, -0.25) is 0 Å². The zero-order chi connectivity index (χ0) is 13.5. The standard InChI is InChI=1S/C18H33/c1-4-7-9-11-12-13-15-17-18(6-3)16-14-10-8-5-2/h4,12-13,18H,1-2,5-11,14-17H2,3H3/b13-12+. The molecule has 0 bridgehead atoms. The van der Waals surface area contributed by atoms with Crippen LogP contribution in [0.25, 0.3) is 0 Å². The molecule has 0 heterocycles. The van der Waals surface area contributed by atoms with Crippen molar-refractivity contribution in [3.8, 4) is 0 Å². The Balaban J connectivity index is 3.45. The summed E-state index contributed by atoms with van der Waals surface area (Å²) in [6.45, 7) is 9.97. The Hall–Kier alpha value is -0.520. The molecule has 0 aliphatic rings. The second kappa shape index (κ2) is 14.5. The highest BCUT2D eigenvalue weighted by Gasteiger charge is 2.04. The van der Waals surface area contributed by atoms with Gasteiger partial charge in [0.15, 0.2) is 0 Å². The van der Waals surface area contributed by atoms with Crippen molar-refractivity contribution in [3.05, 3.63) is 31.7 Å². The molecule has 0 heteroatoms. The van der Waals surface area contributed by atoms with E-state index in [0.717, 1.165) is 18.8 Å². The molecule has 1 atom stereocenters. The molecule has 1 unspecified atom stereocenters. The highest BCUT2D eigenvalue weighted by molar-refractivity contribution is 4.83. The van der Waals surface area contributed by atoms with Crippen LogP contribution in [0.5, 0.6) is 0 Å². The summed E-state index contributed by atoms with van der Waals surface area (Å²) in [7, 11) is 0. The van der Waals surface area contributed by atoms with E-state index in [0.29, 0.717) is 0 Å². The minimum absolute atomic E-state index is 0.938. The van der Waals surface area contributed by atoms with Gasteiger partial charge in [0, 0.05) is 0 Å². The summed E-state index contributed by atoms with van der Waals surface area (Å²) in [4.78, 5) is 0. The molecule has 0 fully saturated rings. The molecule has 0 aliphatic carbocycles. The lowest BCUT2D eigenvalue weighted by Crippen LogP contribution is -1.98. The molecule has 0 spiro atoms. The molecule has 0 aromatic rings. The van der Waals surface area contributed by atoms with Crippen LogP contribution in [0.15, 0.2) is 24.8 Å². The Morgan fingerprint density at radius 1 is 0.889 bits per heavy atom. The maximum Gasteiger partial charge on any atom is -0.0348 e. The van der Waals surface area contributed by atoms with Gasteiger partial charge < -0.3 is 0 Å². The summed E-state index contributed by atoms with van der Waals surface area (Å²) in [5.41, 5.74) is 0. The van der Waals surface area contributed by atoms with Gasteiger partial charge in [0.2, 0.25) is 0 Å². The topological polar surface area (TPSA) is 0 Å². The number of hydrogen-bond acceptors (Lipinski definition) is 0. The summed E-state index contributed by atoms with van der Waals surface area (Å²) in [5, 5.41) is 0. The SMILES string of the molecule is [CH2]CCCCCC(CC)CC/C=C/CCCC=C. The minimum Gasteiger partial charge on any atom is -0.103 e. The normalized spacial score (nSPS) is 13.0. The first-order valence-electron chi connectivity index (χ1n) is 7.90. The third kappa shape index (κ3) is 12.0. The van der Waals surface area contributed by atoms with E-state index in [2.05, 4.69) is 32.6 Å². The second-order valence-electron chi connectivity index (χ2n) is 5.25. The predicted molar refractivity (Wildman–Crippen MR) is 84.6 cm³/mol. The average molecular weight is 249 g/mol. The quantitative estimate of drug-likeness (QED) is 0.258. The Morgan fingerprint density at radius 2 is 1.67 bits per heavy atom. The monoisotopic (exact) mass is 249 g/mol. The lowest BCUT2D eigenvalue weighted by molar-refractivity contribution is 0.418. The summed E-state index contributed by atoms with van der Waals surface area (Å²) < 4.78 is 0. The molecule has 0 aromatic carbocycles. The van der Waals surface area contributed by atoms with Crippen molar-refractivity contribution in [2.24, 2.45) is 5.92 Å². The van der Waals surface area contributed by atoms with Crippen LogP contribution in [0.3, 0.4) is 0 Å². The highest BCUT2D eigenvalue weighted by atomic mass is 14.1. The van der Waals surface area contributed by atoms with Crippen LogP contribution in [0, 0.1) is 12.8 Å². The molecule has 0 saturated heterocycles. The van der Waals surface area contributed by atoms with Crippen molar-refractivity contribution in [2.75, 3.05) is 0 Å². The number of allylic oxidation sites excluding steroid dienone is 3. The maximum atomic E-state index is 3.90. The molecule has 0 N–H and O–H groups in total. The zero-order valence-electron chi connectivity index (χ0n) is 12.5. The summed E-state index contributed by atoms with van der Waals surface area (Å²) >= 11 is 0. The van der Waals surface area contributed by atoms with Crippen LogP contribution in [-0.2, 0) is 0 Å². The molecule has 105 valence electrons. The fourth-order valence-corrected chi connectivity index (χ4v) is 2.29. The Labute approximate surface area is 116 Å². The first-order valence-corrected chi connectivity index (χ1v) is 7.90. The number of hydrogen-bond donors (Lipinski definition) is 0. The summed E-state index contributed by atoms with van der Waals surface area (Å²) in [5.74, 6) is 0.938. The van der Waals surface area contributed by atoms with Crippen molar-refractivity contribution >= 4 is 0 Å². The molecule has 0 saturated carbocycles. The fourth-order valence-electron chi connectivity index (χ4n) is 2.29. The number of rotatable bonds is 13. The van der Waals surface area contributed by atoms with Crippen molar-refractivity contribution in [1.29, 1.82) is 0 Å². The fraction of sp³-hybridized carbons (Fsp3) is 0.722. The van der Waals surface area contributed by atoms with Crippen LogP contribution >= 0.6 is 0 Å². The van der Waals surface area contributed by atoms with Gasteiger partial charge in [-0.15, -0.1) is 6.58 Å². The van der Waals surface area contributed by atoms with E-state index in [9.17, 15) is 0 Å². The van der Waals surface area contributed by atoms with Gasteiger partial charge >= 0.3 is 0 Å². The van der Waals surface area contributed by atoms with E-state index in [4.69, 9.17) is 0 Å². The van der Waals surface area contributed by atoms with E-state index in [1.165, 1.54) is 57.8 Å². The van der Waals surface area contributed by atoms with Crippen molar-refractivity contribution < 1.29 is 0 Å². The lowest BCUT2D eigenvalue weighted by Gasteiger charge is -2.13. The van der Waals surface area contributed by atoms with Crippen molar-refractivity contribution in [3.63, 3.8) is 0 Å². The van der Waals surface area contributed by atoms with Gasteiger partial charge in [0.25, 0.3) is 0 Å². The van der Waals surface area contributed by atoms with Crippen LogP contribution in [0.4, 0.5) is 0 Å². The Morgan fingerprint density at radius 3 is 2.33 bits per heavy atom. The first kappa shape index (κ1) is 17.5. The molecule has 1 radical (unpaired) electrons. The highest BCUT2D eigenvalue weighted by Crippen LogP contribution is 2.19. The molecule has 0 aromatic heterocycles. The van der Waals surface area contributed by atoms with E-state index >= 15 is 0 Å². The van der Waals surface area contributed by atoms with Gasteiger partial charge in [-0.25, -0.2) is 0 Å². The molecule has 0 nitrogen and oxygen atoms in total. The van der Waals surface area contributed by atoms with E-state index in [1.54, 1.807) is 0 Å². The van der Waals surface area contributed by atoms with Gasteiger partial charge in [-0.2, -0.15) is 0 Å². The zero-order valence-corrected chi connectivity index (χ0v) is 12.5. The largest absolute Gasteiger partial charge is 0.103 e. The van der Waals surface area contributed by atoms with Crippen LogP contribution < -0.4 is 0 Å². The van der Waals surface area contributed by atoms with Crippen LogP contribution in [0.2, 0.25) is 0 Å². The van der Waals surface area contributed by atoms with Crippen molar-refractivity contribution in [1.82, 2.24) is 0 Å². The van der Waals surface area contributed by atoms with Crippen molar-refractivity contribution in [2.45, 2.75) is 77.6 Å². The van der Waals surface area contributed by atoms with Crippen LogP contribution in [0.1, 0.15) is 77.6 Å². The van der Waals surface area contributed by atoms with Crippen LogP contribution in [-0.4, -0.2) is 0 Å². The smallest absolute Gasteiger partial charge is 0.0348 e. The van der Waals surface area contributed by atoms with Gasteiger partial charge in [0.1, 0.15) is 0 Å². The lowest BCUT2D eigenvalue weighted by atomic mass is 9.93. The first-order chi connectivity index (χ1) is 8.85. The predicted octanol–water partition coefficient (Wildman–Crippen LogP) is 6.49. The molecule has 0 rings (SSSR count). The van der Waals surface area contributed by atoms with Gasteiger partial charge in [0.05, 0.1) is 0 Å². The maximum absolute atomic E-state index is 3.90. The summed E-state index contributed by atoms with van der Waals surface area (Å²) in [6, 6.07) is 0. The Kier molecular flexibility index (Phi) is 14.1.